The molecule has 0 radical (unpaired) electrons. The van der Waals surface area contributed by atoms with Crippen molar-refractivity contribution in [3.8, 4) is 0 Å². The number of ether oxygens (including phenoxy) is 1. The molecule has 0 spiro atoms. The average Bonchev–Trinajstić information content (AvgIpc) is 2.70. The minimum absolute atomic E-state index is 0.366. The van der Waals surface area contributed by atoms with Gasteiger partial charge >= 0.3 is 0 Å². The van der Waals surface area contributed by atoms with Crippen molar-refractivity contribution >= 4 is 0 Å². The third kappa shape index (κ3) is 4.03. The maximum atomic E-state index is 5.31. The molecular formula is C11H20N2O2. The minimum Gasteiger partial charge on any atom is -0.468 e. The lowest BCUT2D eigenvalue weighted by Crippen LogP contribution is -2.41. The van der Waals surface area contributed by atoms with Gasteiger partial charge in [0.05, 0.1) is 19.4 Å². The molecule has 0 aromatic carbocycles. The second kappa shape index (κ2) is 6.61. The van der Waals surface area contributed by atoms with E-state index in [0.29, 0.717) is 6.04 Å². The number of nitrogens with zero attached hydrogens (tertiary/aromatic N) is 1. The standard InChI is InChI=1S/C11H20N2O2/c1-12-7-10(9-14-3)13(2)8-11-5-4-6-15-11/h4-6,10,12H,7-9H2,1-3H3. The summed E-state index contributed by atoms with van der Waals surface area (Å²) in [4.78, 5) is 2.22. The first-order valence-corrected chi connectivity index (χ1v) is 5.14. The van der Waals surface area contributed by atoms with E-state index < -0.39 is 0 Å². The fourth-order valence-electron chi connectivity index (χ4n) is 1.55. The summed E-state index contributed by atoms with van der Waals surface area (Å²) in [5.74, 6) is 0.981. The molecule has 4 heteroatoms. The lowest BCUT2D eigenvalue weighted by molar-refractivity contribution is 0.0984. The van der Waals surface area contributed by atoms with Crippen LogP contribution in [0.2, 0.25) is 0 Å². The molecule has 0 amide bonds. The van der Waals surface area contributed by atoms with Crippen LogP contribution in [-0.4, -0.2) is 45.3 Å². The van der Waals surface area contributed by atoms with Gasteiger partial charge in [-0.15, -0.1) is 0 Å². The molecule has 1 heterocycles. The molecule has 0 aliphatic rings. The van der Waals surface area contributed by atoms with Gasteiger partial charge in [0.1, 0.15) is 5.76 Å². The van der Waals surface area contributed by atoms with E-state index in [0.717, 1.165) is 25.5 Å². The first-order valence-electron chi connectivity index (χ1n) is 5.14. The molecule has 0 aliphatic heterocycles. The Bertz CT molecular complexity index is 243. The zero-order valence-corrected chi connectivity index (χ0v) is 9.69. The predicted octanol–water partition coefficient (Wildman–Crippen LogP) is 0.946. The van der Waals surface area contributed by atoms with Gasteiger partial charge in [-0.2, -0.15) is 0 Å². The van der Waals surface area contributed by atoms with Crippen molar-refractivity contribution in [1.29, 1.82) is 0 Å². The zero-order chi connectivity index (χ0) is 11.1. The van der Waals surface area contributed by atoms with Gasteiger partial charge < -0.3 is 14.5 Å². The maximum absolute atomic E-state index is 5.31. The van der Waals surface area contributed by atoms with Gasteiger partial charge in [-0.25, -0.2) is 0 Å². The first-order chi connectivity index (χ1) is 7.27. The van der Waals surface area contributed by atoms with Crippen molar-refractivity contribution in [2.45, 2.75) is 12.6 Å². The molecule has 0 bridgehead atoms. The molecule has 0 saturated heterocycles. The van der Waals surface area contributed by atoms with Gasteiger partial charge in [-0.3, -0.25) is 4.90 Å². The van der Waals surface area contributed by atoms with Crippen molar-refractivity contribution in [3.63, 3.8) is 0 Å². The normalized spacial score (nSPS) is 13.3. The molecule has 0 aliphatic carbocycles. The van der Waals surface area contributed by atoms with Crippen molar-refractivity contribution in [2.75, 3.05) is 34.4 Å². The monoisotopic (exact) mass is 212 g/mol. The number of nitrogens with one attached hydrogen (secondary N) is 1. The topological polar surface area (TPSA) is 37.6 Å². The number of furan rings is 1. The Kier molecular flexibility index (Phi) is 5.39. The lowest BCUT2D eigenvalue weighted by Gasteiger charge is -2.26. The maximum Gasteiger partial charge on any atom is 0.117 e. The lowest BCUT2D eigenvalue weighted by atomic mass is 10.2. The second-order valence-electron chi connectivity index (χ2n) is 3.66. The van der Waals surface area contributed by atoms with E-state index in [4.69, 9.17) is 9.15 Å². The Labute approximate surface area is 91.2 Å². The zero-order valence-electron chi connectivity index (χ0n) is 9.69. The van der Waals surface area contributed by atoms with Gasteiger partial charge in [0, 0.05) is 19.7 Å². The largest absolute Gasteiger partial charge is 0.468 e. The first kappa shape index (κ1) is 12.2. The molecule has 4 nitrogen and oxygen atoms in total. The van der Waals surface area contributed by atoms with Crippen LogP contribution < -0.4 is 5.32 Å². The molecule has 0 fully saturated rings. The summed E-state index contributed by atoms with van der Waals surface area (Å²) in [6, 6.07) is 4.26. The third-order valence-corrected chi connectivity index (χ3v) is 2.41. The molecule has 15 heavy (non-hydrogen) atoms. The Morgan fingerprint density at radius 3 is 2.93 bits per heavy atom. The van der Waals surface area contributed by atoms with Gasteiger partial charge in [-0.05, 0) is 26.2 Å². The Morgan fingerprint density at radius 1 is 1.60 bits per heavy atom. The highest BCUT2D eigenvalue weighted by Crippen LogP contribution is 2.06. The van der Waals surface area contributed by atoms with Crippen molar-refractivity contribution < 1.29 is 9.15 Å². The van der Waals surface area contributed by atoms with Crippen molar-refractivity contribution in [2.24, 2.45) is 0 Å². The summed E-state index contributed by atoms with van der Waals surface area (Å²) in [6.07, 6.45) is 1.70. The quantitative estimate of drug-likeness (QED) is 0.730. The van der Waals surface area contributed by atoms with E-state index in [1.54, 1.807) is 13.4 Å². The van der Waals surface area contributed by atoms with Gasteiger partial charge in [0.15, 0.2) is 0 Å². The summed E-state index contributed by atoms with van der Waals surface area (Å²) >= 11 is 0. The summed E-state index contributed by atoms with van der Waals surface area (Å²) in [6.45, 7) is 2.44. The van der Waals surface area contributed by atoms with Gasteiger partial charge in [-0.1, -0.05) is 0 Å². The van der Waals surface area contributed by atoms with Crippen LogP contribution >= 0.6 is 0 Å². The number of methoxy groups -OCH3 is 1. The highest BCUT2D eigenvalue weighted by molar-refractivity contribution is 4.98. The second-order valence-corrected chi connectivity index (χ2v) is 3.66. The molecule has 1 N–H and O–H groups in total. The number of rotatable bonds is 7. The Balaban J connectivity index is 2.44. The fraction of sp³-hybridized carbons (Fsp3) is 0.636. The van der Waals surface area contributed by atoms with E-state index in [1.807, 2.05) is 19.2 Å². The van der Waals surface area contributed by atoms with E-state index in [-0.39, 0.29) is 0 Å². The van der Waals surface area contributed by atoms with Crippen molar-refractivity contribution in [1.82, 2.24) is 10.2 Å². The minimum atomic E-state index is 0.366. The van der Waals surface area contributed by atoms with E-state index in [1.165, 1.54) is 0 Å². The summed E-state index contributed by atoms with van der Waals surface area (Å²) in [7, 11) is 5.75. The summed E-state index contributed by atoms with van der Waals surface area (Å²) in [5, 5.41) is 3.16. The molecule has 1 rings (SSSR count). The smallest absolute Gasteiger partial charge is 0.117 e. The molecule has 1 atom stereocenters. The molecule has 1 aromatic heterocycles. The van der Waals surface area contributed by atoms with Crippen LogP contribution in [0.1, 0.15) is 5.76 Å². The number of hydrogen-bond donors (Lipinski definition) is 1. The van der Waals surface area contributed by atoms with Crippen LogP contribution in [0.25, 0.3) is 0 Å². The van der Waals surface area contributed by atoms with Crippen LogP contribution in [0.5, 0.6) is 0 Å². The van der Waals surface area contributed by atoms with Gasteiger partial charge in [0.2, 0.25) is 0 Å². The SMILES string of the molecule is CNCC(COC)N(C)Cc1ccco1. The average molecular weight is 212 g/mol. The van der Waals surface area contributed by atoms with E-state index >= 15 is 0 Å². The van der Waals surface area contributed by atoms with Crippen LogP contribution in [0.15, 0.2) is 22.8 Å². The third-order valence-electron chi connectivity index (χ3n) is 2.41. The van der Waals surface area contributed by atoms with Crippen LogP contribution in [0.3, 0.4) is 0 Å². The molecule has 0 saturated carbocycles. The highest BCUT2D eigenvalue weighted by atomic mass is 16.5. The summed E-state index contributed by atoms with van der Waals surface area (Å²) in [5.41, 5.74) is 0. The summed E-state index contributed by atoms with van der Waals surface area (Å²) < 4.78 is 10.5. The van der Waals surface area contributed by atoms with Crippen LogP contribution in [0.4, 0.5) is 0 Å². The molecule has 1 unspecified atom stereocenters. The predicted molar refractivity (Wildman–Crippen MR) is 59.8 cm³/mol. The fourth-order valence-corrected chi connectivity index (χ4v) is 1.55. The Morgan fingerprint density at radius 2 is 2.40 bits per heavy atom. The molecule has 1 aromatic rings. The molecular weight excluding hydrogens is 192 g/mol. The van der Waals surface area contributed by atoms with E-state index in [9.17, 15) is 0 Å². The number of likely N-dealkylation sites (N-methyl/N-ethyl adjacent to an activating group) is 2. The van der Waals surface area contributed by atoms with E-state index in [2.05, 4.69) is 17.3 Å². The number of hydrogen-bond acceptors (Lipinski definition) is 4. The van der Waals surface area contributed by atoms with Crippen LogP contribution in [-0.2, 0) is 11.3 Å². The van der Waals surface area contributed by atoms with Gasteiger partial charge in [0.25, 0.3) is 0 Å². The Hall–Kier alpha value is -0.840. The molecule has 86 valence electrons. The highest BCUT2D eigenvalue weighted by Gasteiger charge is 2.14. The van der Waals surface area contributed by atoms with Crippen LogP contribution in [0, 0.1) is 0 Å². The van der Waals surface area contributed by atoms with Crippen molar-refractivity contribution in [3.05, 3.63) is 24.2 Å².